The summed E-state index contributed by atoms with van der Waals surface area (Å²) in [6.45, 7) is 6.25. The number of hydrogen-bond donors (Lipinski definition) is 0. The van der Waals surface area contributed by atoms with E-state index in [-0.39, 0.29) is 58.8 Å². The molecule has 8 nitrogen and oxygen atoms in total. The number of alkyl halides is 4. The van der Waals surface area contributed by atoms with Crippen molar-refractivity contribution < 1.29 is 58.8 Å². The molecule has 0 aliphatic heterocycles. The number of rotatable bonds is 5. The summed E-state index contributed by atoms with van der Waals surface area (Å²) in [7, 11) is 0. The van der Waals surface area contributed by atoms with Gasteiger partial charge in [0.2, 0.25) is 0 Å². The molecule has 6 aromatic carbocycles. The Balaban J connectivity index is 0.000000491. The number of pyridine rings is 2. The van der Waals surface area contributed by atoms with E-state index in [9.17, 15) is 0 Å². The Labute approximate surface area is 507 Å². The molecule has 0 N–H and O–H groups in total. The van der Waals surface area contributed by atoms with Gasteiger partial charge in [0.25, 0.3) is 0 Å². The molecule has 9 rings (SSSR count). The van der Waals surface area contributed by atoms with Gasteiger partial charge in [-0.05, 0) is 73.3 Å². The van der Waals surface area contributed by atoms with Gasteiger partial charge in [-0.1, -0.05) is 223 Å². The smallest absolute Gasteiger partial charge is 0.121 e. The van der Waals surface area contributed by atoms with Gasteiger partial charge in [0.1, 0.15) is 5.13 Å². The molecule has 0 bridgehead atoms. The van der Waals surface area contributed by atoms with E-state index in [4.69, 9.17) is 12.0 Å². The van der Waals surface area contributed by atoms with Crippen LogP contribution in [-0.2, 0) is 58.8 Å². The summed E-state index contributed by atoms with van der Waals surface area (Å²) in [4.78, 5) is 11.8. The van der Waals surface area contributed by atoms with Crippen LogP contribution in [0.1, 0.15) is 26.3 Å². The minimum absolute atomic E-state index is 0. The van der Waals surface area contributed by atoms with E-state index in [2.05, 4.69) is 193 Å². The predicted octanol–water partition coefficient (Wildman–Crippen LogP) is 17.3. The zero-order chi connectivity index (χ0) is 46.9. The average molecular weight is 1850 g/mol. The molecule has 3 radical (unpaired) electrons. The van der Waals surface area contributed by atoms with E-state index in [0.717, 1.165) is 66.6 Å². The zero-order valence-corrected chi connectivity index (χ0v) is 53.7. The molecule has 0 unspecified atom stereocenters. The summed E-state index contributed by atoms with van der Waals surface area (Å²) in [6, 6.07) is 57.4. The summed E-state index contributed by atoms with van der Waals surface area (Å²) in [5, 5.41) is 16.7. The van der Waals surface area contributed by atoms with Crippen LogP contribution >= 0.6 is 113 Å². The minimum Gasteiger partial charge on any atom is -0.316 e. The van der Waals surface area contributed by atoms with Crippen molar-refractivity contribution in [3.05, 3.63) is 209 Å². The van der Waals surface area contributed by atoms with Crippen LogP contribution < -0.4 is 0 Å². The quantitative estimate of drug-likeness (QED) is 0.0325. The molecule has 9 aromatic rings. The second-order valence-electron chi connectivity index (χ2n) is 13.1. The maximum Gasteiger partial charge on any atom is 0.121 e. The Hall–Kier alpha value is -2.32. The Morgan fingerprint density at radius 1 is 0.721 bits per heavy atom. The van der Waals surface area contributed by atoms with Crippen molar-refractivity contribution in [3.8, 4) is 51.8 Å². The average Bonchev–Trinajstić information content (AvgIpc) is 3.83. The molecular weight excluding hydrogens is 1810 g/mol. The summed E-state index contributed by atoms with van der Waals surface area (Å²) in [6.07, 6.45) is 10.8. The number of nitrogens with zero attached hydrogens (tertiary/aromatic N) is 8. The monoisotopic (exact) mass is 1850 g/mol. The molecule has 0 amide bonds. The van der Waals surface area contributed by atoms with E-state index in [0.29, 0.717) is 5.12 Å². The maximum atomic E-state index is 8.45. The van der Waals surface area contributed by atoms with E-state index < -0.39 is 0 Å². The maximum absolute atomic E-state index is 8.45. The van der Waals surface area contributed by atoms with Crippen LogP contribution in [0.15, 0.2) is 181 Å². The normalized spacial score (nSPS) is 9.51. The number of terminal acetylenes is 1. The van der Waals surface area contributed by atoms with Gasteiger partial charge in [0.05, 0.1) is 6.20 Å². The number of fused-ring (bicyclic) bond motifs is 2. The van der Waals surface area contributed by atoms with Crippen LogP contribution in [0.4, 0.5) is 5.69 Å². The Morgan fingerprint density at radius 3 is 1.63 bits per heavy atom. The van der Waals surface area contributed by atoms with Gasteiger partial charge < -0.3 is 32.6 Å². The summed E-state index contributed by atoms with van der Waals surface area (Å²) < 4.78 is 5.38. The molecular formula is C52H42I5Ir2N8V-3. The van der Waals surface area contributed by atoms with E-state index >= 15 is 0 Å². The molecule has 0 spiro atoms. The van der Waals surface area contributed by atoms with Gasteiger partial charge >= 0.3 is 0 Å². The van der Waals surface area contributed by atoms with Gasteiger partial charge in [-0.3, -0.25) is 4.43 Å². The first kappa shape index (κ1) is 63.7. The number of benzene rings is 6. The fourth-order valence-electron chi connectivity index (χ4n) is 5.59. The molecule has 3 heterocycles. The van der Waals surface area contributed by atoms with Gasteiger partial charge in [-0.2, -0.15) is 6.92 Å². The van der Waals surface area contributed by atoms with Crippen molar-refractivity contribution in [3.63, 3.8) is 0 Å². The van der Waals surface area contributed by atoms with Gasteiger partial charge in [0.15, 0.2) is 0 Å². The van der Waals surface area contributed by atoms with Crippen molar-refractivity contribution in [1.82, 2.24) is 25.0 Å². The van der Waals surface area contributed by atoms with Crippen molar-refractivity contribution in [2.75, 3.05) is 4.43 Å². The molecule has 351 valence electrons. The van der Waals surface area contributed by atoms with E-state index in [1.54, 1.807) is 22.9 Å². The number of halogens is 5. The molecule has 68 heavy (non-hydrogen) atoms. The SMILES string of the molecule is C#Cc1ccccc1.CC(I)(I)I.CCI.C[CH-]I.[Ir].[Ir].[N-]=[N+]=Nc1cc[c-]c(-c2cc3ccccc3cn2)c1.[V].[c-]1ccc(-n2cc(-c3ccccc3)nn2)cc1-c1cc2ccccc2cn1. The van der Waals surface area contributed by atoms with Crippen LogP contribution in [0.25, 0.3) is 71.4 Å². The second-order valence-corrected chi connectivity index (χ2v) is 28.6. The summed E-state index contributed by atoms with van der Waals surface area (Å²) >= 11 is 11.5. The van der Waals surface area contributed by atoms with Gasteiger partial charge in [-0.25, -0.2) is 4.68 Å². The van der Waals surface area contributed by atoms with Crippen LogP contribution in [0, 0.1) is 28.9 Å². The van der Waals surface area contributed by atoms with Crippen molar-refractivity contribution in [1.29, 1.82) is 0 Å². The third-order valence-corrected chi connectivity index (χ3v) is 8.31. The first-order valence-corrected chi connectivity index (χ1v) is 25.8. The molecule has 0 aliphatic rings. The fourth-order valence-corrected chi connectivity index (χ4v) is 5.59. The Bertz CT molecular complexity index is 2920. The topological polar surface area (TPSA) is 105 Å². The van der Waals surface area contributed by atoms with Gasteiger partial charge in [-0.15, -0.1) is 71.2 Å². The predicted molar refractivity (Wildman–Crippen MR) is 315 cm³/mol. The second kappa shape index (κ2) is 35.7. The first-order valence-electron chi connectivity index (χ1n) is 19.8. The summed E-state index contributed by atoms with van der Waals surface area (Å²) in [5.41, 5.74) is 16.2. The van der Waals surface area contributed by atoms with Crippen LogP contribution in [-0.4, -0.2) is 28.8 Å². The molecule has 0 aliphatic carbocycles. The number of hydrogen-bond acceptors (Lipinski definition) is 5. The fraction of sp³-hybridized carbons (Fsp3) is 0.0962. The molecule has 0 fully saturated rings. The third kappa shape index (κ3) is 23.3. The Morgan fingerprint density at radius 2 is 1.16 bits per heavy atom. The van der Waals surface area contributed by atoms with Crippen molar-refractivity contribution >= 4 is 140 Å². The third-order valence-electron chi connectivity index (χ3n) is 8.31. The van der Waals surface area contributed by atoms with Crippen molar-refractivity contribution in [2.45, 2.75) is 20.2 Å². The Kier molecular flexibility index (Phi) is 33.5. The number of aromatic nitrogens is 5. The first-order chi connectivity index (χ1) is 31.5. The largest absolute Gasteiger partial charge is 0.316 e. The van der Waals surface area contributed by atoms with Crippen LogP contribution in [0.5, 0.6) is 0 Å². The molecule has 0 atom stereocenters. The minimum atomic E-state index is 0. The summed E-state index contributed by atoms with van der Waals surface area (Å²) in [5.74, 6) is 2.53. The standard InChI is InChI=1S/C23H15N4.C15H9N4.C8H6.C2H3I3.C2H5I.C2H4I.2Ir.V/c1-2-7-17(8-3-1)23-16-27(26-25-23)21-12-6-11-19(13-21)22-14-18-9-4-5-10-20(18)15-24-22;16-19-18-14-7-3-6-12(8-14)15-9-11-4-1-2-5-13(11)10-17-15;1-2-8-6-4-3-5-7-8;1-2(3,4)5;2*1-2-3;;;/h1-10,12-16H;1-5,7-10H;1,3-7H;1H3;2H2,1H3;2H,1H3;;;/q2*-1;;;;-1;;;. The molecule has 3 aromatic heterocycles. The van der Waals surface area contributed by atoms with Crippen molar-refractivity contribution in [2.24, 2.45) is 5.11 Å². The molecule has 16 heteroatoms. The zero-order valence-electron chi connectivity index (χ0n) is 36.7. The molecule has 0 saturated heterocycles. The molecule has 0 saturated carbocycles. The van der Waals surface area contributed by atoms with Crippen LogP contribution in [0.3, 0.4) is 0 Å². The van der Waals surface area contributed by atoms with E-state index in [1.165, 1.54) is 4.43 Å². The van der Waals surface area contributed by atoms with Crippen LogP contribution in [0.2, 0.25) is 0 Å². The van der Waals surface area contributed by atoms with E-state index in [1.807, 2.05) is 151 Å². The van der Waals surface area contributed by atoms with Gasteiger partial charge in [0, 0.05) is 87.2 Å². The number of azide groups is 1.